The highest BCUT2D eigenvalue weighted by molar-refractivity contribution is 5.76. The van der Waals surface area contributed by atoms with E-state index in [1.54, 1.807) is 0 Å². The number of aryl methyl sites for hydroxylation is 1. The van der Waals surface area contributed by atoms with Crippen molar-refractivity contribution in [1.29, 1.82) is 0 Å². The van der Waals surface area contributed by atoms with Crippen LogP contribution in [0.5, 0.6) is 0 Å². The number of nitrogens with two attached hydrogens (primary N) is 1. The molecule has 1 unspecified atom stereocenters. The fourth-order valence-corrected chi connectivity index (χ4v) is 2.45. The molecule has 0 bridgehead atoms. The van der Waals surface area contributed by atoms with Gasteiger partial charge in [0.1, 0.15) is 5.82 Å². The van der Waals surface area contributed by atoms with Gasteiger partial charge in [0.25, 0.3) is 0 Å². The van der Waals surface area contributed by atoms with Crippen molar-refractivity contribution in [3.8, 4) is 0 Å². The molecule has 0 amide bonds. The van der Waals surface area contributed by atoms with Crippen LogP contribution >= 0.6 is 0 Å². The number of nitrogens with zero attached hydrogens (tertiary/aromatic N) is 3. The van der Waals surface area contributed by atoms with Crippen molar-refractivity contribution in [2.75, 3.05) is 26.7 Å². The zero-order valence-electron chi connectivity index (χ0n) is 12.3. The molecule has 0 radical (unpaired) electrons. The number of rotatable bonds is 7. The van der Waals surface area contributed by atoms with Crippen molar-refractivity contribution in [2.24, 2.45) is 5.73 Å². The Morgan fingerprint density at radius 2 is 2.15 bits per heavy atom. The average Bonchev–Trinajstić information content (AvgIpc) is 2.83. The van der Waals surface area contributed by atoms with Gasteiger partial charge in [0, 0.05) is 13.1 Å². The summed E-state index contributed by atoms with van der Waals surface area (Å²) in [6, 6.07) is 8.34. The molecule has 0 spiro atoms. The summed E-state index contributed by atoms with van der Waals surface area (Å²) in [6.07, 6.45) is 0.934. The maximum atomic E-state index is 9.10. The first-order valence-electron chi connectivity index (χ1n) is 7.15. The van der Waals surface area contributed by atoms with Crippen molar-refractivity contribution in [2.45, 2.75) is 25.9 Å². The van der Waals surface area contributed by atoms with Crippen LogP contribution in [-0.2, 0) is 6.54 Å². The topological polar surface area (TPSA) is 67.3 Å². The number of aliphatic hydroxyl groups excluding tert-OH is 1. The number of hydrogen-bond donors (Lipinski definition) is 2. The van der Waals surface area contributed by atoms with Crippen LogP contribution in [-0.4, -0.2) is 46.3 Å². The van der Waals surface area contributed by atoms with Gasteiger partial charge in [-0.2, -0.15) is 0 Å². The Hall–Kier alpha value is -1.43. The second-order valence-electron chi connectivity index (χ2n) is 5.13. The SMILES string of the molecule is CC(c1nc2ccccc2n1CCCN)N(C)CCO. The zero-order valence-corrected chi connectivity index (χ0v) is 12.3. The van der Waals surface area contributed by atoms with Gasteiger partial charge in [-0.25, -0.2) is 4.98 Å². The van der Waals surface area contributed by atoms with Crippen LogP contribution in [0.15, 0.2) is 24.3 Å². The second-order valence-corrected chi connectivity index (χ2v) is 5.13. The third-order valence-corrected chi connectivity index (χ3v) is 3.76. The van der Waals surface area contributed by atoms with E-state index in [2.05, 4.69) is 22.5 Å². The second kappa shape index (κ2) is 6.83. The molecule has 2 aromatic rings. The number of para-hydroxylation sites is 2. The molecule has 0 aliphatic rings. The number of hydrogen-bond acceptors (Lipinski definition) is 4. The molecule has 1 atom stereocenters. The molecular weight excluding hydrogens is 252 g/mol. The van der Waals surface area contributed by atoms with Gasteiger partial charge in [-0.05, 0) is 39.1 Å². The minimum Gasteiger partial charge on any atom is -0.395 e. The molecule has 2 rings (SSSR count). The van der Waals surface area contributed by atoms with Crippen LogP contribution in [0.25, 0.3) is 11.0 Å². The van der Waals surface area contributed by atoms with E-state index in [9.17, 15) is 0 Å². The van der Waals surface area contributed by atoms with E-state index in [1.165, 1.54) is 0 Å². The third kappa shape index (κ3) is 3.00. The molecule has 1 aromatic heterocycles. The Bertz CT molecular complexity index is 552. The Labute approximate surface area is 120 Å². The molecule has 5 nitrogen and oxygen atoms in total. The summed E-state index contributed by atoms with van der Waals surface area (Å²) in [6.45, 7) is 4.47. The maximum Gasteiger partial charge on any atom is 0.127 e. The minimum absolute atomic E-state index is 0.157. The first kappa shape index (κ1) is 15.0. The summed E-state index contributed by atoms with van der Waals surface area (Å²) in [4.78, 5) is 6.88. The molecule has 5 heteroatoms. The van der Waals surface area contributed by atoms with E-state index in [1.807, 2.05) is 25.2 Å². The molecule has 0 aliphatic heterocycles. The largest absolute Gasteiger partial charge is 0.395 e. The van der Waals surface area contributed by atoms with Crippen LogP contribution in [0.3, 0.4) is 0 Å². The lowest BCUT2D eigenvalue weighted by molar-refractivity contribution is 0.182. The number of imidazole rings is 1. The molecule has 3 N–H and O–H groups in total. The van der Waals surface area contributed by atoms with Crippen molar-refractivity contribution in [3.05, 3.63) is 30.1 Å². The smallest absolute Gasteiger partial charge is 0.127 e. The van der Waals surface area contributed by atoms with E-state index in [4.69, 9.17) is 15.8 Å². The normalized spacial score (nSPS) is 13.2. The fourth-order valence-electron chi connectivity index (χ4n) is 2.45. The number of aliphatic hydroxyl groups is 1. The summed E-state index contributed by atoms with van der Waals surface area (Å²) < 4.78 is 2.25. The molecular formula is C15H24N4O. The minimum atomic E-state index is 0.157. The Morgan fingerprint density at radius 1 is 1.40 bits per heavy atom. The molecule has 0 fully saturated rings. The van der Waals surface area contributed by atoms with Gasteiger partial charge in [0.15, 0.2) is 0 Å². The van der Waals surface area contributed by atoms with Crippen LogP contribution in [0.2, 0.25) is 0 Å². The number of aromatic nitrogens is 2. The zero-order chi connectivity index (χ0) is 14.5. The average molecular weight is 276 g/mol. The summed E-state index contributed by atoms with van der Waals surface area (Å²) in [5, 5.41) is 9.10. The van der Waals surface area contributed by atoms with Gasteiger partial charge >= 0.3 is 0 Å². The standard InChI is InChI=1S/C15H24N4O/c1-12(18(2)10-11-20)15-17-13-6-3-4-7-14(13)19(15)9-5-8-16/h3-4,6-7,12,20H,5,8-11,16H2,1-2H3. The quantitative estimate of drug-likeness (QED) is 0.801. The predicted octanol–water partition coefficient (Wildman–Crippen LogP) is 1.37. The van der Waals surface area contributed by atoms with Crippen LogP contribution in [0.4, 0.5) is 0 Å². The lowest BCUT2D eigenvalue weighted by Crippen LogP contribution is -2.28. The van der Waals surface area contributed by atoms with Gasteiger partial charge in [-0.1, -0.05) is 12.1 Å². The monoisotopic (exact) mass is 276 g/mol. The van der Waals surface area contributed by atoms with Gasteiger partial charge in [-0.15, -0.1) is 0 Å². The van der Waals surface area contributed by atoms with Gasteiger partial charge in [0.05, 0.1) is 23.7 Å². The number of fused-ring (bicyclic) bond motifs is 1. The summed E-state index contributed by atoms with van der Waals surface area (Å²) in [5.74, 6) is 1.04. The van der Waals surface area contributed by atoms with Crippen LogP contribution in [0.1, 0.15) is 25.2 Å². The Balaban J connectivity index is 2.39. The molecule has 0 saturated heterocycles. The van der Waals surface area contributed by atoms with E-state index in [0.717, 1.165) is 29.8 Å². The highest BCUT2D eigenvalue weighted by atomic mass is 16.3. The van der Waals surface area contributed by atoms with Crippen molar-refractivity contribution >= 4 is 11.0 Å². The van der Waals surface area contributed by atoms with E-state index in [0.29, 0.717) is 13.1 Å². The van der Waals surface area contributed by atoms with Crippen LogP contribution in [0, 0.1) is 0 Å². The number of benzene rings is 1. The summed E-state index contributed by atoms with van der Waals surface area (Å²) in [5.41, 5.74) is 7.82. The lowest BCUT2D eigenvalue weighted by atomic mass is 10.2. The Morgan fingerprint density at radius 3 is 2.85 bits per heavy atom. The molecule has 110 valence electrons. The molecule has 1 heterocycles. The summed E-state index contributed by atoms with van der Waals surface area (Å²) >= 11 is 0. The summed E-state index contributed by atoms with van der Waals surface area (Å²) in [7, 11) is 2.01. The van der Waals surface area contributed by atoms with E-state index in [-0.39, 0.29) is 12.6 Å². The highest BCUT2D eigenvalue weighted by Crippen LogP contribution is 2.24. The molecule has 20 heavy (non-hydrogen) atoms. The van der Waals surface area contributed by atoms with E-state index < -0.39 is 0 Å². The maximum absolute atomic E-state index is 9.10. The van der Waals surface area contributed by atoms with Crippen molar-refractivity contribution in [3.63, 3.8) is 0 Å². The van der Waals surface area contributed by atoms with Gasteiger partial charge in [-0.3, -0.25) is 4.90 Å². The predicted molar refractivity (Wildman–Crippen MR) is 81.5 cm³/mol. The fraction of sp³-hybridized carbons (Fsp3) is 0.533. The lowest BCUT2D eigenvalue weighted by Gasteiger charge is -2.24. The Kier molecular flexibility index (Phi) is 5.11. The molecule has 0 aliphatic carbocycles. The van der Waals surface area contributed by atoms with Crippen molar-refractivity contribution < 1.29 is 5.11 Å². The first-order valence-corrected chi connectivity index (χ1v) is 7.15. The van der Waals surface area contributed by atoms with Crippen LogP contribution < -0.4 is 5.73 Å². The van der Waals surface area contributed by atoms with Gasteiger partial charge < -0.3 is 15.4 Å². The highest BCUT2D eigenvalue weighted by Gasteiger charge is 2.19. The molecule has 1 aromatic carbocycles. The number of likely N-dealkylation sites (N-methyl/N-ethyl adjacent to an activating group) is 1. The van der Waals surface area contributed by atoms with E-state index >= 15 is 0 Å². The van der Waals surface area contributed by atoms with Crippen molar-refractivity contribution in [1.82, 2.24) is 14.5 Å². The third-order valence-electron chi connectivity index (χ3n) is 3.76. The first-order chi connectivity index (χ1) is 9.69. The molecule has 0 saturated carbocycles. The van der Waals surface area contributed by atoms with Gasteiger partial charge in [0.2, 0.25) is 0 Å².